The average molecular weight is 277 g/mol. The van der Waals surface area contributed by atoms with E-state index in [0.717, 1.165) is 31.2 Å². The first-order chi connectivity index (χ1) is 8.24. The summed E-state index contributed by atoms with van der Waals surface area (Å²) < 4.78 is 38.0. The Kier molecular flexibility index (Phi) is 4.38. The molecule has 100 valence electrons. The number of aliphatic hydroxyl groups excluding tert-OH is 1. The minimum atomic E-state index is -4.12. The lowest BCUT2D eigenvalue weighted by atomic mass is 10.2. The molecule has 0 radical (unpaired) electrons. The van der Waals surface area contributed by atoms with Crippen LogP contribution in [0.25, 0.3) is 0 Å². The topological polar surface area (TPSA) is 104 Å². The van der Waals surface area contributed by atoms with E-state index in [1.807, 2.05) is 4.72 Å². The van der Waals surface area contributed by atoms with Gasteiger partial charge in [-0.1, -0.05) is 0 Å². The van der Waals surface area contributed by atoms with Gasteiger partial charge in [-0.3, -0.25) is 4.79 Å². The Labute approximate surface area is 103 Å². The van der Waals surface area contributed by atoms with Gasteiger partial charge < -0.3 is 10.2 Å². The Hall–Kier alpha value is -1.51. The van der Waals surface area contributed by atoms with Gasteiger partial charge in [0.25, 0.3) is 0 Å². The van der Waals surface area contributed by atoms with Gasteiger partial charge in [0.1, 0.15) is 11.9 Å². The number of hydrogen-bond acceptors (Lipinski definition) is 4. The molecule has 0 saturated heterocycles. The predicted molar refractivity (Wildman–Crippen MR) is 59.8 cm³/mol. The third-order valence-electron chi connectivity index (χ3n) is 2.15. The van der Waals surface area contributed by atoms with Crippen LogP contribution in [0.5, 0.6) is 0 Å². The Balaban J connectivity index is 3.01. The van der Waals surface area contributed by atoms with Crippen molar-refractivity contribution in [2.75, 3.05) is 0 Å². The van der Waals surface area contributed by atoms with E-state index >= 15 is 0 Å². The molecule has 8 heteroatoms. The Morgan fingerprint density at radius 1 is 1.33 bits per heavy atom. The van der Waals surface area contributed by atoms with E-state index < -0.39 is 34.0 Å². The van der Waals surface area contributed by atoms with Gasteiger partial charge in [-0.25, -0.2) is 12.8 Å². The van der Waals surface area contributed by atoms with Crippen molar-refractivity contribution in [3.63, 3.8) is 0 Å². The van der Waals surface area contributed by atoms with E-state index in [0.29, 0.717) is 0 Å². The fourth-order valence-electron chi connectivity index (χ4n) is 1.20. The molecule has 0 spiro atoms. The van der Waals surface area contributed by atoms with E-state index in [1.54, 1.807) is 0 Å². The normalized spacial score (nSPS) is 15.1. The van der Waals surface area contributed by atoms with Crippen molar-refractivity contribution in [2.24, 2.45) is 0 Å². The van der Waals surface area contributed by atoms with Gasteiger partial charge in [0.05, 0.1) is 11.0 Å². The molecular formula is C10H12FNO5S. The Morgan fingerprint density at radius 2 is 1.83 bits per heavy atom. The molecule has 2 unspecified atom stereocenters. The highest BCUT2D eigenvalue weighted by atomic mass is 32.2. The number of sulfonamides is 1. The molecular weight excluding hydrogens is 265 g/mol. The highest BCUT2D eigenvalue weighted by Gasteiger charge is 2.29. The first-order valence-corrected chi connectivity index (χ1v) is 6.41. The molecule has 0 aromatic heterocycles. The SMILES string of the molecule is CC(O)C(NS(=O)(=O)c1ccc(F)cc1)C(=O)O. The van der Waals surface area contributed by atoms with Crippen LogP contribution in [0.2, 0.25) is 0 Å². The largest absolute Gasteiger partial charge is 0.480 e. The molecule has 0 aliphatic rings. The highest BCUT2D eigenvalue weighted by Crippen LogP contribution is 2.11. The molecule has 18 heavy (non-hydrogen) atoms. The summed E-state index contributed by atoms with van der Waals surface area (Å²) in [5.41, 5.74) is 0. The lowest BCUT2D eigenvalue weighted by Crippen LogP contribution is -2.47. The highest BCUT2D eigenvalue weighted by molar-refractivity contribution is 7.89. The fourth-order valence-corrected chi connectivity index (χ4v) is 2.47. The number of carboxylic acids is 1. The molecule has 0 aliphatic heterocycles. The number of hydrogen-bond donors (Lipinski definition) is 3. The second kappa shape index (κ2) is 5.42. The van der Waals surface area contributed by atoms with E-state index in [9.17, 15) is 17.6 Å². The van der Waals surface area contributed by atoms with Crippen LogP contribution < -0.4 is 4.72 Å². The molecule has 0 bridgehead atoms. The number of aliphatic hydroxyl groups is 1. The number of rotatable bonds is 5. The van der Waals surface area contributed by atoms with Crippen molar-refractivity contribution < 1.29 is 27.8 Å². The van der Waals surface area contributed by atoms with Crippen molar-refractivity contribution in [3.05, 3.63) is 30.1 Å². The summed E-state index contributed by atoms with van der Waals surface area (Å²) in [6.45, 7) is 1.14. The maximum Gasteiger partial charge on any atom is 0.324 e. The molecule has 6 nitrogen and oxygen atoms in total. The molecule has 1 aromatic carbocycles. The molecule has 1 aromatic rings. The van der Waals surface area contributed by atoms with Crippen LogP contribution in [0.3, 0.4) is 0 Å². The zero-order chi connectivity index (χ0) is 13.9. The molecule has 0 saturated carbocycles. The van der Waals surface area contributed by atoms with Crippen molar-refractivity contribution in [2.45, 2.75) is 24.0 Å². The number of carboxylic acid groups (broad SMARTS) is 1. The molecule has 0 heterocycles. The van der Waals surface area contributed by atoms with Crippen molar-refractivity contribution in [1.29, 1.82) is 0 Å². The maximum atomic E-state index is 12.6. The quantitative estimate of drug-likeness (QED) is 0.699. The predicted octanol–water partition coefficient (Wildman–Crippen LogP) is -0.0620. The zero-order valence-electron chi connectivity index (χ0n) is 9.37. The summed E-state index contributed by atoms with van der Waals surface area (Å²) in [7, 11) is -4.12. The van der Waals surface area contributed by atoms with Gasteiger partial charge in [0.2, 0.25) is 10.0 Å². The van der Waals surface area contributed by atoms with Crippen LogP contribution in [-0.4, -0.2) is 36.7 Å². The summed E-state index contributed by atoms with van der Waals surface area (Å²) in [4.78, 5) is 10.5. The smallest absolute Gasteiger partial charge is 0.324 e. The zero-order valence-corrected chi connectivity index (χ0v) is 10.2. The van der Waals surface area contributed by atoms with E-state index in [1.165, 1.54) is 0 Å². The number of halogens is 1. The number of nitrogens with one attached hydrogen (secondary N) is 1. The first-order valence-electron chi connectivity index (χ1n) is 4.93. The molecule has 0 amide bonds. The summed E-state index contributed by atoms with van der Waals surface area (Å²) in [5, 5.41) is 17.9. The second-order valence-corrected chi connectivity index (χ2v) is 5.35. The molecule has 0 fully saturated rings. The van der Waals surface area contributed by atoms with E-state index in [-0.39, 0.29) is 4.90 Å². The molecule has 0 aliphatic carbocycles. The van der Waals surface area contributed by atoms with E-state index in [4.69, 9.17) is 10.2 Å². The molecule has 1 rings (SSSR count). The summed E-state index contributed by atoms with van der Waals surface area (Å²) >= 11 is 0. The minimum Gasteiger partial charge on any atom is -0.480 e. The standard InChI is InChI=1S/C10H12FNO5S/c1-6(13)9(10(14)15)12-18(16,17)8-4-2-7(11)3-5-8/h2-6,9,12-13H,1H3,(H,14,15). The van der Waals surface area contributed by atoms with Gasteiger partial charge in [-0.15, -0.1) is 0 Å². The minimum absolute atomic E-state index is 0.282. The van der Waals surface area contributed by atoms with Crippen LogP contribution in [0.1, 0.15) is 6.92 Å². The Bertz CT molecular complexity index is 526. The van der Waals surface area contributed by atoms with Gasteiger partial charge in [0, 0.05) is 0 Å². The van der Waals surface area contributed by atoms with Crippen molar-refractivity contribution in [3.8, 4) is 0 Å². The van der Waals surface area contributed by atoms with E-state index in [2.05, 4.69) is 0 Å². The van der Waals surface area contributed by atoms with Crippen LogP contribution in [0.15, 0.2) is 29.2 Å². The number of benzene rings is 1. The average Bonchev–Trinajstić information content (AvgIpc) is 2.26. The first kappa shape index (κ1) is 14.6. The molecule has 2 atom stereocenters. The van der Waals surface area contributed by atoms with Gasteiger partial charge in [-0.2, -0.15) is 4.72 Å². The Morgan fingerprint density at radius 3 is 2.22 bits per heavy atom. The van der Waals surface area contributed by atoms with Crippen LogP contribution >= 0.6 is 0 Å². The third kappa shape index (κ3) is 3.49. The summed E-state index contributed by atoms with van der Waals surface area (Å²) in [6, 6.07) is 2.21. The van der Waals surface area contributed by atoms with Crippen LogP contribution in [0, 0.1) is 5.82 Å². The van der Waals surface area contributed by atoms with Crippen LogP contribution in [0.4, 0.5) is 4.39 Å². The summed E-state index contributed by atoms with van der Waals surface area (Å²) in [5.74, 6) is -2.12. The maximum absolute atomic E-state index is 12.6. The second-order valence-electron chi connectivity index (χ2n) is 3.63. The lowest BCUT2D eigenvalue weighted by molar-refractivity contribution is -0.141. The fraction of sp³-hybridized carbons (Fsp3) is 0.300. The van der Waals surface area contributed by atoms with Crippen molar-refractivity contribution in [1.82, 2.24) is 4.72 Å². The monoisotopic (exact) mass is 277 g/mol. The third-order valence-corrected chi connectivity index (χ3v) is 3.61. The van der Waals surface area contributed by atoms with Crippen LogP contribution in [-0.2, 0) is 14.8 Å². The van der Waals surface area contributed by atoms with Gasteiger partial charge in [0.15, 0.2) is 0 Å². The molecule has 3 N–H and O–H groups in total. The number of carbonyl (C=O) groups is 1. The summed E-state index contributed by atoms with van der Waals surface area (Å²) in [6.07, 6.45) is -1.40. The lowest BCUT2D eigenvalue weighted by Gasteiger charge is -2.17. The van der Waals surface area contributed by atoms with Gasteiger partial charge >= 0.3 is 5.97 Å². The number of aliphatic carboxylic acids is 1. The van der Waals surface area contributed by atoms with Crippen molar-refractivity contribution >= 4 is 16.0 Å². The van der Waals surface area contributed by atoms with Gasteiger partial charge in [-0.05, 0) is 31.2 Å².